The smallest absolute Gasteiger partial charge is 0.224 e. The summed E-state index contributed by atoms with van der Waals surface area (Å²) in [6.45, 7) is 2.26. The van der Waals surface area contributed by atoms with E-state index >= 15 is 0 Å². The van der Waals surface area contributed by atoms with E-state index in [1.165, 1.54) is 24.9 Å². The molecule has 4 rings (SSSR count). The molecule has 124 valence electrons. The molecule has 1 aromatic carbocycles. The van der Waals surface area contributed by atoms with Gasteiger partial charge < -0.3 is 14.6 Å². The third kappa shape index (κ3) is 2.86. The van der Waals surface area contributed by atoms with Crippen molar-refractivity contribution in [2.24, 2.45) is 0 Å². The minimum Gasteiger partial charge on any atom is -0.480 e. The molecule has 1 saturated heterocycles. The van der Waals surface area contributed by atoms with E-state index in [1.807, 2.05) is 6.07 Å². The van der Waals surface area contributed by atoms with E-state index in [0.29, 0.717) is 5.88 Å². The number of H-pyrrole nitrogens is 1. The Morgan fingerprint density at radius 2 is 2.00 bits per heavy atom. The first-order chi connectivity index (χ1) is 11.7. The zero-order valence-electron chi connectivity index (χ0n) is 13.6. The van der Waals surface area contributed by atoms with Crippen molar-refractivity contribution in [1.82, 2.24) is 15.0 Å². The van der Waals surface area contributed by atoms with E-state index in [9.17, 15) is 0 Å². The molecule has 0 radical (unpaired) electrons. The third-order valence-corrected chi connectivity index (χ3v) is 4.89. The Kier molecular flexibility index (Phi) is 4.14. The van der Waals surface area contributed by atoms with Crippen LogP contribution in [0.3, 0.4) is 0 Å². The SMILES string of the molecule is COc1ncc(Br)cc1-c1nc2cc(N3CCCCC3)ccc2[nH]1. The molecular weight excluding hydrogens is 368 g/mol. The lowest BCUT2D eigenvalue weighted by atomic mass is 10.1. The van der Waals surface area contributed by atoms with Crippen molar-refractivity contribution in [2.75, 3.05) is 25.1 Å². The summed E-state index contributed by atoms with van der Waals surface area (Å²) in [5.74, 6) is 1.33. The molecule has 1 aliphatic rings. The fourth-order valence-electron chi connectivity index (χ4n) is 3.23. The van der Waals surface area contributed by atoms with Gasteiger partial charge >= 0.3 is 0 Å². The summed E-state index contributed by atoms with van der Waals surface area (Å²) < 4.78 is 6.27. The number of hydrogen-bond donors (Lipinski definition) is 1. The van der Waals surface area contributed by atoms with Gasteiger partial charge in [0.1, 0.15) is 5.82 Å². The van der Waals surface area contributed by atoms with Crippen LogP contribution in [0.5, 0.6) is 5.88 Å². The number of nitrogens with one attached hydrogen (secondary N) is 1. The van der Waals surface area contributed by atoms with Crippen LogP contribution in [0.2, 0.25) is 0 Å². The zero-order valence-corrected chi connectivity index (χ0v) is 15.1. The van der Waals surface area contributed by atoms with Crippen LogP contribution >= 0.6 is 15.9 Å². The van der Waals surface area contributed by atoms with Gasteiger partial charge in [0, 0.05) is 29.4 Å². The van der Waals surface area contributed by atoms with Crippen LogP contribution < -0.4 is 9.64 Å². The number of fused-ring (bicyclic) bond motifs is 1. The van der Waals surface area contributed by atoms with Crippen molar-refractivity contribution >= 4 is 32.7 Å². The number of aromatic amines is 1. The summed E-state index contributed by atoms with van der Waals surface area (Å²) in [5.41, 5.74) is 4.09. The second kappa shape index (κ2) is 6.43. The van der Waals surface area contributed by atoms with E-state index in [2.05, 4.69) is 49.0 Å². The number of rotatable bonds is 3. The van der Waals surface area contributed by atoms with Gasteiger partial charge in [-0.2, -0.15) is 0 Å². The molecular formula is C18H19BrN4O. The summed E-state index contributed by atoms with van der Waals surface area (Å²) in [4.78, 5) is 14.9. The number of piperidine rings is 1. The maximum absolute atomic E-state index is 5.37. The molecule has 6 heteroatoms. The average molecular weight is 387 g/mol. The van der Waals surface area contributed by atoms with E-state index in [1.54, 1.807) is 13.3 Å². The van der Waals surface area contributed by atoms with E-state index in [4.69, 9.17) is 9.72 Å². The van der Waals surface area contributed by atoms with Crippen LogP contribution in [0.4, 0.5) is 5.69 Å². The predicted molar refractivity (Wildman–Crippen MR) is 99.6 cm³/mol. The van der Waals surface area contributed by atoms with E-state index in [0.717, 1.165) is 40.0 Å². The Morgan fingerprint density at radius 1 is 1.17 bits per heavy atom. The fourth-order valence-corrected chi connectivity index (χ4v) is 3.56. The first-order valence-corrected chi connectivity index (χ1v) is 8.98. The van der Waals surface area contributed by atoms with Crippen molar-refractivity contribution in [3.8, 4) is 17.3 Å². The van der Waals surface area contributed by atoms with Crippen molar-refractivity contribution in [2.45, 2.75) is 19.3 Å². The number of imidazole rings is 1. The van der Waals surface area contributed by atoms with E-state index < -0.39 is 0 Å². The maximum Gasteiger partial charge on any atom is 0.224 e. The fraction of sp³-hybridized carbons (Fsp3) is 0.333. The van der Waals surface area contributed by atoms with Crippen LogP contribution in [0, 0.1) is 0 Å². The van der Waals surface area contributed by atoms with Crippen LogP contribution in [0.1, 0.15) is 19.3 Å². The Bertz CT molecular complexity index is 871. The molecule has 0 aliphatic carbocycles. The third-order valence-electron chi connectivity index (χ3n) is 4.45. The number of nitrogens with zero attached hydrogens (tertiary/aromatic N) is 3. The highest BCUT2D eigenvalue weighted by atomic mass is 79.9. The molecule has 0 unspecified atom stereocenters. The summed E-state index contributed by atoms with van der Waals surface area (Å²) in [7, 11) is 1.62. The minimum atomic E-state index is 0.563. The normalized spacial score (nSPS) is 15.0. The molecule has 5 nitrogen and oxygen atoms in total. The zero-order chi connectivity index (χ0) is 16.5. The van der Waals surface area contributed by atoms with Crippen LogP contribution in [0.15, 0.2) is 34.9 Å². The molecule has 1 N–H and O–H groups in total. The van der Waals surface area contributed by atoms with Crippen LogP contribution in [-0.4, -0.2) is 35.2 Å². The lowest BCUT2D eigenvalue weighted by Gasteiger charge is -2.28. The number of benzene rings is 1. The molecule has 0 amide bonds. The van der Waals surface area contributed by atoms with Crippen molar-refractivity contribution in [3.63, 3.8) is 0 Å². The second-order valence-corrected chi connectivity index (χ2v) is 6.96. The summed E-state index contributed by atoms with van der Waals surface area (Å²) in [6.07, 6.45) is 5.59. The number of hydrogen-bond acceptors (Lipinski definition) is 4. The molecule has 2 aromatic heterocycles. The number of aromatic nitrogens is 3. The van der Waals surface area contributed by atoms with Crippen LogP contribution in [0.25, 0.3) is 22.4 Å². The Balaban J connectivity index is 1.74. The summed E-state index contributed by atoms with van der Waals surface area (Å²) in [6, 6.07) is 8.41. The highest BCUT2D eigenvalue weighted by Gasteiger charge is 2.15. The quantitative estimate of drug-likeness (QED) is 0.725. The minimum absolute atomic E-state index is 0.563. The molecule has 0 bridgehead atoms. The van der Waals surface area contributed by atoms with Gasteiger partial charge in [-0.1, -0.05) is 0 Å². The number of anilines is 1. The highest BCUT2D eigenvalue weighted by Crippen LogP contribution is 2.31. The first-order valence-electron chi connectivity index (χ1n) is 8.19. The van der Waals surface area contributed by atoms with Crippen molar-refractivity contribution in [3.05, 3.63) is 34.9 Å². The molecule has 3 heterocycles. The van der Waals surface area contributed by atoms with Crippen LogP contribution in [-0.2, 0) is 0 Å². The van der Waals surface area contributed by atoms with Gasteiger partial charge in [-0.05, 0) is 59.5 Å². The van der Waals surface area contributed by atoms with Gasteiger partial charge in [0.2, 0.25) is 5.88 Å². The molecule has 1 fully saturated rings. The van der Waals surface area contributed by atoms with Gasteiger partial charge in [0.15, 0.2) is 0 Å². The Labute approximate surface area is 149 Å². The molecule has 24 heavy (non-hydrogen) atoms. The lowest BCUT2D eigenvalue weighted by Crippen LogP contribution is -2.29. The van der Waals surface area contributed by atoms with Gasteiger partial charge in [0.05, 0.1) is 23.7 Å². The van der Waals surface area contributed by atoms with Gasteiger partial charge in [0.25, 0.3) is 0 Å². The number of halogens is 1. The molecule has 0 atom stereocenters. The number of pyridine rings is 1. The standard InChI is InChI=1S/C18H19BrN4O/c1-24-18-14(9-12(19)11-20-18)17-21-15-6-5-13(10-16(15)22-17)23-7-3-2-4-8-23/h5-6,9-11H,2-4,7-8H2,1H3,(H,21,22). The first kappa shape index (κ1) is 15.4. The summed E-state index contributed by atoms with van der Waals surface area (Å²) in [5, 5.41) is 0. The monoisotopic (exact) mass is 386 g/mol. The molecule has 0 saturated carbocycles. The van der Waals surface area contributed by atoms with E-state index in [-0.39, 0.29) is 0 Å². The number of ether oxygens (including phenoxy) is 1. The molecule has 3 aromatic rings. The average Bonchev–Trinajstić information content (AvgIpc) is 3.05. The molecule has 0 spiro atoms. The Hall–Kier alpha value is -2.08. The summed E-state index contributed by atoms with van der Waals surface area (Å²) >= 11 is 3.46. The Morgan fingerprint density at radius 3 is 2.79 bits per heavy atom. The maximum atomic E-state index is 5.37. The lowest BCUT2D eigenvalue weighted by molar-refractivity contribution is 0.399. The number of methoxy groups -OCH3 is 1. The topological polar surface area (TPSA) is 54.0 Å². The predicted octanol–water partition coefficient (Wildman–Crippen LogP) is 4.39. The molecule has 1 aliphatic heterocycles. The van der Waals surface area contributed by atoms with Gasteiger partial charge in [-0.15, -0.1) is 0 Å². The van der Waals surface area contributed by atoms with Crippen molar-refractivity contribution < 1.29 is 4.74 Å². The largest absolute Gasteiger partial charge is 0.480 e. The van der Waals surface area contributed by atoms with Gasteiger partial charge in [-0.25, -0.2) is 9.97 Å². The second-order valence-electron chi connectivity index (χ2n) is 6.04. The van der Waals surface area contributed by atoms with Gasteiger partial charge in [-0.3, -0.25) is 0 Å². The highest BCUT2D eigenvalue weighted by molar-refractivity contribution is 9.10. The van der Waals surface area contributed by atoms with Crippen molar-refractivity contribution in [1.29, 1.82) is 0 Å².